The number of pyridine rings is 1. The van der Waals surface area contributed by atoms with Crippen LogP contribution in [0.1, 0.15) is 22.0 Å². The molecule has 2 aromatic rings. The summed E-state index contributed by atoms with van der Waals surface area (Å²) in [6.07, 6.45) is 1.58. The molecule has 0 saturated heterocycles. The third-order valence-electron chi connectivity index (χ3n) is 2.09. The lowest BCUT2D eigenvalue weighted by Crippen LogP contribution is -2.23. The number of aromatic nitrogens is 2. The first kappa shape index (κ1) is 12.9. The average Bonchev–Trinajstić information content (AvgIpc) is 2.70. The Kier molecular flexibility index (Phi) is 3.84. The van der Waals surface area contributed by atoms with E-state index in [0.29, 0.717) is 17.2 Å². The van der Waals surface area contributed by atoms with Crippen LogP contribution in [0.4, 0.5) is 0 Å². The lowest BCUT2D eigenvalue weighted by molar-refractivity contribution is 0.0947. The van der Waals surface area contributed by atoms with Crippen molar-refractivity contribution in [2.45, 2.75) is 13.5 Å². The predicted octanol–water partition coefficient (Wildman–Crippen LogP) is 2.61. The summed E-state index contributed by atoms with van der Waals surface area (Å²) in [6.45, 7) is 1.98. The Balaban J connectivity index is 2.03. The van der Waals surface area contributed by atoms with Gasteiger partial charge in [-0.3, -0.25) is 4.79 Å². The zero-order chi connectivity index (χ0) is 13.1. The van der Waals surface area contributed by atoms with Gasteiger partial charge in [-0.25, -0.2) is 9.97 Å². The Labute approximate surface area is 113 Å². The lowest BCUT2D eigenvalue weighted by Gasteiger charge is -2.03. The molecule has 0 aromatic carbocycles. The molecule has 18 heavy (non-hydrogen) atoms. The van der Waals surface area contributed by atoms with Gasteiger partial charge in [0.2, 0.25) is 5.89 Å². The fourth-order valence-electron chi connectivity index (χ4n) is 1.34. The Morgan fingerprint density at radius 2 is 2.06 bits per heavy atom. The molecule has 0 aliphatic rings. The highest BCUT2D eigenvalue weighted by molar-refractivity contribution is 6.33. The van der Waals surface area contributed by atoms with Crippen LogP contribution in [0.5, 0.6) is 0 Å². The summed E-state index contributed by atoms with van der Waals surface area (Å²) >= 11 is 11.4. The number of hydrogen-bond acceptors (Lipinski definition) is 4. The van der Waals surface area contributed by atoms with Gasteiger partial charge < -0.3 is 9.73 Å². The molecular formula is C11H9Cl2N3O2. The van der Waals surface area contributed by atoms with Gasteiger partial charge in [0.05, 0.1) is 12.7 Å². The minimum Gasteiger partial charge on any atom is -0.444 e. The van der Waals surface area contributed by atoms with Crippen molar-refractivity contribution in [3.8, 4) is 0 Å². The van der Waals surface area contributed by atoms with Crippen LogP contribution in [0.3, 0.4) is 0 Å². The maximum absolute atomic E-state index is 11.8. The number of hydrogen-bond donors (Lipinski definition) is 1. The number of oxazole rings is 1. The molecule has 0 aliphatic heterocycles. The second-order valence-corrected chi connectivity index (χ2v) is 4.32. The Morgan fingerprint density at radius 3 is 2.61 bits per heavy atom. The monoisotopic (exact) mass is 285 g/mol. The van der Waals surface area contributed by atoms with Gasteiger partial charge in [-0.05, 0) is 19.1 Å². The molecule has 0 bridgehead atoms. The molecule has 0 saturated carbocycles. The van der Waals surface area contributed by atoms with E-state index < -0.39 is 0 Å². The van der Waals surface area contributed by atoms with E-state index in [0.717, 1.165) is 0 Å². The third-order valence-corrected chi connectivity index (χ3v) is 2.48. The van der Waals surface area contributed by atoms with Gasteiger partial charge in [0.25, 0.3) is 5.91 Å². The zero-order valence-electron chi connectivity index (χ0n) is 9.41. The first-order valence-corrected chi connectivity index (χ1v) is 5.83. The van der Waals surface area contributed by atoms with Crippen LogP contribution < -0.4 is 5.32 Å². The minimum absolute atomic E-state index is 0.166. The number of nitrogens with zero attached hydrogens (tertiary/aromatic N) is 2. The van der Waals surface area contributed by atoms with E-state index in [2.05, 4.69) is 15.3 Å². The van der Waals surface area contributed by atoms with Crippen molar-refractivity contribution in [3.63, 3.8) is 0 Å². The van der Waals surface area contributed by atoms with E-state index in [4.69, 9.17) is 27.6 Å². The predicted molar refractivity (Wildman–Crippen MR) is 66.7 cm³/mol. The fourth-order valence-corrected chi connectivity index (χ4v) is 1.80. The van der Waals surface area contributed by atoms with Crippen molar-refractivity contribution in [1.29, 1.82) is 0 Å². The second kappa shape index (κ2) is 5.37. The SMILES string of the molecule is Cc1cnc(CNC(=O)c2cc(Cl)nc(Cl)c2)o1. The van der Waals surface area contributed by atoms with Gasteiger partial charge >= 0.3 is 0 Å². The maximum Gasteiger partial charge on any atom is 0.251 e. The van der Waals surface area contributed by atoms with Crippen LogP contribution in [-0.4, -0.2) is 15.9 Å². The highest BCUT2D eigenvalue weighted by atomic mass is 35.5. The Hall–Kier alpha value is -1.59. The molecule has 2 heterocycles. The summed E-state index contributed by atoms with van der Waals surface area (Å²) in [6, 6.07) is 2.87. The van der Waals surface area contributed by atoms with Crippen molar-refractivity contribution in [2.24, 2.45) is 0 Å². The van der Waals surface area contributed by atoms with Crippen LogP contribution in [-0.2, 0) is 6.54 Å². The van der Waals surface area contributed by atoms with E-state index >= 15 is 0 Å². The molecular weight excluding hydrogens is 277 g/mol. The van der Waals surface area contributed by atoms with Crippen LogP contribution >= 0.6 is 23.2 Å². The Bertz CT molecular complexity index is 563. The summed E-state index contributed by atoms with van der Waals surface area (Å²) in [7, 11) is 0. The number of aryl methyl sites for hydroxylation is 1. The van der Waals surface area contributed by atoms with Crippen LogP contribution in [0.2, 0.25) is 10.3 Å². The van der Waals surface area contributed by atoms with Gasteiger partial charge in [0.15, 0.2) is 0 Å². The smallest absolute Gasteiger partial charge is 0.251 e. The van der Waals surface area contributed by atoms with E-state index in [1.165, 1.54) is 12.1 Å². The number of halogens is 2. The molecule has 0 radical (unpaired) electrons. The molecule has 0 unspecified atom stereocenters. The standard InChI is InChI=1S/C11H9Cl2N3O2/c1-6-4-14-10(18-6)5-15-11(17)7-2-8(12)16-9(13)3-7/h2-4H,5H2,1H3,(H,15,17). The number of carbonyl (C=O) groups is 1. The average molecular weight is 286 g/mol. The van der Waals surface area contributed by atoms with Crippen LogP contribution in [0.15, 0.2) is 22.7 Å². The zero-order valence-corrected chi connectivity index (χ0v) is 10.9. The molecule has 0 atom stereocenters. The summed E-state index contributed by atoms with van der Waals surface area (Å²) in [5.41, 5.74) is 0.336. The lowest BCUT2D eigenvalue weighted by atomic mass is 10.2. The van der Waals surface area contributed by atoms with Crippen molar-refractivity contribution in [2.75, 3.05) is 0 Å². The molecule has 1 N–H and O–H groups in total. The summed E-state index contributed by atoms with van der Waals surface area (Å²) in [5.74, 6) is 0.804. The molecule has 7 heteroatoms. The first-order chi connectivity index (χ1) is 8.54. The van der Waals surface area contributed by atoms with Gasteiger partial charge in [-0.1, -0.05) is 23.2 Å². The summed E-state index contributed by atoms with van der Waals surface area (Å²) in [5, 5.41) is 2.98. The molecule has 1 amide bonds. The van der Waals surface area contributed by atoms with E-state index in [1.54, 1.807) is 13.1 Å². The second-order valence-electron chi connectivity index (χ2n) is 3.55. The molecule has 0 spiro atoms. The molecule has 0 fully saturated rings. The highest BCUT2D eigenvalue weighted by Crippen LogP contribution is 2.14. The molecule has 5 nitrogen and oxygen atoms in total. The highest BCUT2D eigenvalue weighted by Gasteiger charge is 2.09. The maximum atomic E-state index is 11.8. The topological polar surface area (TPSA) is 68.0 Å². The van der Waals surface area contributed by atoms with Gasteiger partial charge in [-0.2, -0.15) is 0 Å². The molecule has 2 aromatic heterocycles. The number of carbonyl (C=O) groups excluding carboxylic acids is 1. The number of nitrogens with one attached hydrogen (secondary N) is 1. The summed E-state index contributed by atoms with van der Waals surface area (Å²) in [4.78, 5) is 19.5. The normalized spacial score (nSPS) is 10.4. The van der Waals surface area contributed by atoms with Crippen molar-refractivity contribution < 1.29 is 9.21 Å². The van der Waals surface area contributed by atoms with Crippen molar-refractivity contribution in [1.82, 2.24) is 15.3 Å². The quantitative estimate of drug-likeness (QED) is 0.881. The third kappa shape index (κ3) is 3.21. The molecule has 94 valence electrons. The van der Waals surface area contributed by atoms with Crippen LogP contribution in [0, 0.1) is 6.92 Å². The van der Waals surface area contributed by atoms with Crippen molar-refractivity contribution in [3.05, 3.63) is 45.9 Å². The first-order valence-electron chi connectivity index (χ1n) is 5.07. The van der Waals surface area contributed by atoms with E-state index in [1.807, 2.05) is 0 Å². The van der Waals surface area contributed by atoms with E-state index in [-0.39, 0.29) is 22.8 Å². The largest absolute Gasteiger partial charge is 0.444 e. The van der Waals surface area contributed by atoms with E-state index in [9.17, 15) is 4.79 Å². The Morgan fingerprint density at radius 1 is 1.39 bits per heavy atom. The van der Waals surface area contributed by atoms with Gasteiger partial charge in [0.1, 0.15) is 16.1 Å². The number of amides is 1. The number of rotatable bonds is 3. The molecule has 0 aliphatic carbocycles. The fraction of sp³-hybridized carbons (Fsp3) is 0.182. The minimum atomic E-state index is -0.322. The van der Waals surface area contributed by atoms with Gasteiger partial charge in [-0.15, -0.1) is 0 Å². The summed E-state index contributed by atoms with van der Waals surface area (Å²) < 4.78 is 5.23. The van der Waals surface area contributed by atoms with Crippen molar-refractivity contribution >= 4 is 29.1 Å². The van der Waals surface area contributed by atoms with Crippen LogP contribution in [0.25, 0.3) is 0 Å². The molecule has 2 rings (SSSR count). The van der Waals surface area contributed by atoms with Gasteiger partial charge in [0, 0.05) is 5.56 Å².